The molecule has 3 rings (SSSR count). The number of likely N-dealkylation sites (N-methyl/N-ethyl adjacent to an activating group) is 1. The molecule has 3 unspecified atom stereocenters. The summed E-state index contributed by atoms with van der Waals surface area (Å²) in [6, 6.07) is 6.49. The Labute approximate surface area is 128 Å². The Morgan fingerprint density at radius 3 is 2.81 bits per heavy atom. The number of allylic oxidation sites excluding steroid dienone is 1. The number of hydrogen-bond acceptors (Lipinski definition) is 2. The van der Waals surface area contributed by atoms with Crippen LogP contribution in [0.15, 0.2) is 29.8 Å². The first-order valence-electron chi connectivity index (χ1n) is 8.09. The largest absolute Gasteiger partial charge is 0.508 e. The monoisotopic (exact) mass is 285 g/mol. The lowest BCUT2D eigenvalue weighted by Crippen LogP contribution is -2.48. The minimum atomic E-state index is 0.294. The molecule has 1 N–H and O–H groups in total. The van der Waals surface area contributed by atoms with Crippen molar-refractivity contribution in [3.63, 3.8) is 0 Å². The van der Waals surface area contributed by atoms with Gasteiger partial charge in [-0.2, -0.15) is 0 Å². The molecule has 2 aliphatic rings. The number of hydrogen-bond donors (Lipinski definition) is 1. The third-order valence-electron chi connectivity index (χ3n) is 5.75. The van der Waals surface area contributed by atoms with Gasteiger partial charge in [-0.1, -0.05) is 24.6 Å². The maximum Gasteiger partial charge on any atom is 0.115 e. The van der Waals surface area contributed by atoms with Crippen LogP contribution in [0.4, 0.5) is 0 Å². The highest BCUT2D eigenvalue weighted by Crippen LogP contribution is 2.58. The van der Waals surface area contributed by atoms with Crippen molar-refractivity contribution in [3.8, 4) is 5.75 Å². The van der Waals surface area contributed by atoms with Gasteiger partial charge in [0.15, 0.2) is 0 Å². The number of fused-ring (bicyclic) bond motifs is 3. The minimum absolute atomic E-state index is 0.294. The molecule has 2 heteroatoms. The first-order valence-corrected chi connectivity index (χ1v) is 8.09. The minimum Gasteiger partial charge on any atom is -0.508 e. The van der Waals surface area contributed by atoms with Gasteiger partial charge in [-0.25, -0.2) is 0 Å². The smallest absolute Gasteiger partial charge is 0.115 e. The van der Waals surface area contributed by atoms with Crippen LogP contribution >= 0.6 is 0 Å². The zero-order chi connectivity index (χ0) is 15.2. The summed E-state index contributed by atoms with van der Waals surface area (Å²) in [6.45, 7) is 7.69. The molecular weight excluding hydrogens is 258 g/mol. The molecule has 2 aliphatic carbocycles. The molecule has 0 amide bonds. The summed E-state index contributed by atoms with van der Waals surface area (Å²) in [5.41, 5.74) is 4.48. The van der Waals surface area contributed by atoms with Crippen LogP contribution in [-0.4, -0.2) is 23.6 Å². The second kappa shape index (κ2) is 5.17. The van der Waals surface area contributed by atoms with Gasteiger partial charge in [0.2, 0.25) is 0 Å². The third kappa shape index (κ3) is 2.40. The van der Waals surface area contributed by atoms with Crippen molar-refractivity contribution in [1.29, 1.82) is 0 Å². The zero-order valence-corrected chi connectivity index (χ0v) is 13.7. The highest BCUT2D eigenvalue weighted by Gasteiger charge is 2.50. The fraction of sp³-hybridized carbons (Fsp3) is 0.579. The number of aromatic hydroxyl groups is 1. The summed E-state index contributed by atoms with van der Waals surface area (Å²) in [7, 11) is 2.22. The average Bonchev–Trinajstić information content (AvgIpc) is 2.43. The summed E-state index contributed by atoms with van der Waals surface area (Å²) >= 11 is 0. The lowest BCUT2D eigenvalue weighted by molar-refractivity contribution is 0.0690. The van der Waals surface area contributed by atoms with Crippen LogP contribution in [0.3, 0.4) is 0 Å². The predicted molar refractivity (Wildman–Crippen MR) is 87.6 cm³/mol. The van der Waals surface area contributed by atoms with Crippen LogP contribution < -0.4 is 0 Å². The molecule has 0 saturated heterocycles. The fourth-order valence-electron chi connectivity index (χ4n) is 4.11. The van der Waals surface area contributed by atoms with Crippen LogP contribution in [0.5, 0.6) is 5.75 Å². The normalized spacial score (nSPS) is 30.3. The van der Waals surface area contributed by atoms with Gasteiger partial charge in [-0.05, 0) is 74.8 Å². The van der Waals surface area contributed by atoms with Crippen LogP contribution in [0, 0.1) is 5.92 Å². The van der Waals surface area contributed by atoms with Gasteiger partial charge in [0.25, 0.3) is 0 Å². The number of phenolic OH excluding ortho intramolecular Hbond substituents is 1. The molecule has 0 radical (unpaired) electrons. The van der Waals surface area contributed by atoms with E-state index in [4.69, 9.17) is 0 Å². The Kier molecular flexibility index (Phi) is 3.61. The molecule has 0 spiro atoms. The molecule has 0 aliphatic heterocycles. The highest BCUT2D eigenvalue weighted by molar-refractivity contribution is 5.45. The molecule has 0 bridgehead atoms. The summed E-state index contributed by atoms with van der Waals surface area (Å²) in [4.78, 5) is 2.46. The zero-order valence-electron chi connectivity index (χ0n) is 13.7. The van der Waals surface area contributed by atoms with Crippen LogP contribution in [-0.2, 0) is 5.41 Å². The van der Waals surface area contributed by atoms with E-state index in [-0.39, 0.29) is 0 Å². The van der Waals surface area contributed by atoms with E-state index in [1.807, 2.05) is 12.1 Å². The molecule has 114 valence electrons. The Morgan fingerprint density at radius 2 is 2.19 bits per heavy atom. The van der Waals surface area contributed by atoms with Crippen molar-refractivity contribution < 1.29 is 5.11 Å². The maximum atomic E-state index is 9.91. The van der Waals surface area contributed by atoms with Gasteiger partial charge >= 0.3 is 0 Å². The Balaban J connectivity index is 1.95. The van der Waals surface area contributed by atoms with Gasteiger partial charge in [0, 0.05) is 12.6 Å². The van der Waals surface area contributed by atoms with Crippen molar-refractivity contribution >= 4 is 0 Å². The number of nitrogens with zero attached hydrogens (tertiary/aromatic N) is 1. The standard InChI is InChI=1S/C19H27NO/c1-13(2)8-10-20(4)18-11-14-7-9-19(14,3)17-12-15(21)5-6-16(17)18/h5-6,8,12,14,18,21H,7,9-11H2,1-4H3. The van der Waals surface area contributed by atoms with Crippen LogP contribution in [0.25, 0.3) is 0 Å². The fourth-order valence-corrected chi connectivity index (χ4v) is 4.11. The van der Waals surface area contributed by atoms with Gasteiger partial charge in [0.05, 0.1) is 0 Å². The van der Waals surface area contributed by atoms with E-state index in [2.05, 4.69) is 44.9 Å². The van der Waals surface area contributed by atoms with Crippen molar-refractivity contribution in [3.05, 3.63) is 41.0 Å². The number of phenols is 1. The number of rotatable bonds is 3. The molecule has 0 aromatic heterocycles. The lowest BCUT2D eigenvalue weighted by atomic mass is 9.52. The molecule has 21 heavy (non-hydrogen) atoms. The second-order valence-electron chi connectivity index (χ2n) is 7.40. The van der Waals surface area contributed by atoms with E-state index in [1.54, 1.807) is 0 Å². The molecular formula is C19H27NO. The molecule has 2 nitrogen and oxygen atoms in total. The summed E-state index contributed by atoms with van der Waals surface area (Å²) < 4.78 is 0. The van der Waals surface area contributed by atoms with E-state index in [1.165, 1.54) is 36.0 Å². The topological polar surface area (TPSA) is 23.5 Å². The Hall–Kier alpha value is -1.28. The van der Waals surface area contributed by atoms with Crippen molar-refractivity contribution in [1.82, 2.24) is 4.90 Å². The lowest BCUT2D eigenvalue weighted by Gasteiger charge is -2.55. The molecule has 1 aromatic carbocycles. The Bertz CT molecular complexity index is 573. The number of benzene rings is 1. The van der Waals surface area contributed by atoms with E-state index < -0.39 is 0 Å². The molecule has 1 fully saturated rings. The van der Waals surface area contributed by atoms with Gasteiger partial charge in [-0.15, -0.1) is 0 Å². The first-order chi connectivity index (χ1) is 9.91. The Morgan fingerprint density at radius 1 is 1.43 bits per heavy atom. The van der Waals surface area contributed by atoms with Crippen molar-refractivity contribution in [2.45, 2.75) is 51.5 Å². The third-order valence-corrected chi connectivity index (χ3v) is 5.75. The SMILES string of the molecule is CC(C)=CCN(C)C1CC2CCC2(C)c2cc(O)ccc21. The molecule has 1 saturated carbocycles. The van der Waals surface area contributed by atoms with E-state index in [0.29, 0.717) is 17.2 Å². The second-order valence-corrected chi connectivity index (χ2v) is 7.40. The van der Waals surface area contributed by atoms with Crippen LogP contribution in [0.2, 0.25) is 0 Å². The quantitative estimate of drug-likeness (QED) is 0.832. The van der Waals surface area contributed by atoms with E-state index >= 15 is 0 Å². The van der Waals surface area contributed by atoms with Crippen molar-refractivity contribution in [2.75, 3.05) is 13.6 Å². The highest BCUT2D eigenvalue weighted by atomic mass is 16.3. The van der Waals surface area contributed by atoms with Gasteiger partial charge in [-0.3, -0.25) is 4.90 Å². The molecule has 3 atom stereocenters. The summed E-state index contributed by atoms with van der Waals surface area (Å²) in [5, 5.41) is 9.91. The molecule has 1 aromatic rings. The molecule has 0 heterocycles. The van der Waals surface area contributed by atoms with E-state index in [0.717, 1.165) is 12.5 Å². The summed E-state index contributed by atoms with van der Waals surface area (Å²) in [6.07, 6.45) is 6.15. The van der Waals surface area contributed by atoms with Crippen LogP contribution in [0.1, 0.15) is 57.2 Å². The van der Waals surface area contributed by atoms with E-state index in [9.17, 15) is 5.11 Å². The summed E-state index contributed by atoms with van der Waals surface area (Å²) in [5.74, 6) is 1.18. The van der Waals surface area contributed by atoms with Gasteiger partial charge in [0.1, 0.15) is 5.75 Å². The van der Waals surface area contributed by atoms with Gasteiger partial charge < -0.3 is 5.11 Å². The maximum absolute atomic E-state index is 9.91. The van der Waals surface area contributed by atoms with Crippen molar-refractivity contribution in [2.24, 2.45) is 5.92 Å². The predicted octanol–water partition coefficient (Wildman–Crippen LogP) is 4.40. The average molecular weight is 285 g/mol. The first kappa shape index (κ1) is 14.6.